The second kappa shape index (κ2) is 8.76. The molecule has 4 aromatic rings. The molecule has 0 bridgehead atoms. The van der Waals surface area contributed by atoms with E-state index in [1.165, 1.54) is 16.9 Å². The van der Waals surface area contributed by atoms with Crippen LogP contribution in [0.5, 0.6) is 5.75 Å². The van der Waals surface area contributed by atoms with Gasteiger partial charge in [-0.05, 0) is 55.3 Å². The van der Waals surface area contributed by atoms with E-state index in [4.69, 9.17) is 4.74 Å². The number of pyridine rings is 1. The van der Waals surface area contributed by atoms with Gasteiger partial charge in [-0.2, -0.15) is 9.66 Å². The van der Waals surface area contributed by atoms with E-state index in [0.29, 0.717) is 0 Å². The number of nitrogens with zero attached hydrogens (tertiary/aromatic N) is 3. The zero-order valence-corrected chi connectivity index (χ0v) is 19.6. The van der Waals surface area contributed by atoms with Crippen molar-refractivity contribution in [2.45, 2.75) is 26.8 Å². The highest BCUT2D eigenvalue weighted by atomic mass is 16.5. The van der Waals surface area contributed by atoms with Gasteiger partial charge in [0.15, 0.2) is 0 Å². The van der Waals surface area contributed by atoms with Gasteiger partial charge in [0.05, 0.1) is 7.11 Å². The Bertz CT molecular complexity index is 1340. The second-order valence-corrected chi connectivity index (χ2v) is 8.86. The number of piperazine rings is 1. The third-order valence-electron chi connectivity index (χ3n) is 7.02. The molecule has 168 valence electrons. The zero-order chi connectivity index (χ0) is 22.9. The summed E-state index contributed by atoms with van der Waals surface area (Å²) in [4.78, 5) is 7.64. The lowest BCUT2D eigenvalue weighted by Crippen LogP contribution is -3.13. The number of nitrogens with one attached hydrogen (secondary N) is 2. The molecule has 1 saturated heterocycles. The van der Waals surface area contributed by atoms with Gasteiger partial charge in [0.2, 0.25) is 11.5 Å². The SMILES string of the molecule is CCc1c(C)c(C#N)c2[nH]c3ccccc3[n+]2c1N1CC[NH+](Cc2ccc(OC)cc2)CC1. The number of benzene rings is 2. The van der Waals surface area contributed by atoms with Gasteiger partial charge in [0.1, 0.15) is 61.1 Å². The van der Waals surface area contributed by atoms with Crippen LogP contribution in [-0.4, -0.2) is 38.3 Å². The zero-order valence-electron chi connectivity index (χ0n) is 19.6. The summed E-state index contributed by atoms with van der Waals surface area (Å²) in [6, 6.07) is 19.2. The van der Waals surface area contributed by atoms with Crippen molar-refractivity contribution in [3.63, 3.8) is 0 Å². The van der Waals surface area contributed by atoms with Crippen molar-refractivity contribution in [2.24, 2.45) is 0 Å². The number of imidazole rings is 1. The number of rotatable bonds is 5. The van der Waals surface area contributed by atoms with Gasteiger partial charge in [-0.3, -0.25) is 9.88 Å². The largest absolute Gasteiger partial charge is 0.497 e. The molecule has 0 saturated carbocycles. The molecule has 2 aromatic heterocycles. The van der Waals surface area contributed by atoms with Gasteiger partial charge >= 0.3 is 0 Å². The summed E-state index contributed by atoms with van der Waals surface area (Å²) < 4.78 is 7.58. The molecule has 0 radical (unpaired) electrons. The van der Waals surface area contributed by atoms with Crippen LogP contribution in [-0.2, 0) is 13.0 Å². The van der Waals surface area contributed by atoms with Gasteiger partial charge in [-0.15, -0.1) is 0 Å². The van der Waals surface area contributed by atoms with Crippen LogP contribution in [0.15, 0.2) is 48.5 Å². The Labute approximate surface area is 194 Å². The summed E-state index contributed by atoms with van der Waals surface area (Å²) in [6.07, 6.45) is 0.900. The fraction of sp³-hybridized carbons (Fsp3) is 0.333. The van der Waals surface area contributed by atoms with Crippen molar-refractivity contribution in [2.75, 3.05) is 38.2 Å². The van der Waals surface area contributed by atoms with Crippen molar-refractivity contribution in [1.82, 2.24) is 4.98 Å². The Kier molecular flexibility index (Phi) is 5.65. The molecule has 2 N–H and O–H groups in total. The standard InChI is InChI=1S/C27H29N5O/c1-4-22-19(2)23(17-28)26-29-24-7-5-6-8-25(24)32(26)27(22)31-15-13-30(14-16-31)18-20-9-11-21(33-3)12-10-20/h5-12H,4,13-16,18H2,1-3H3/p+2. The molecule has 1 aliphatic rings. The quantitative estimate of drug-likeness (QED) is 0.468. The Hall–Kier alpha value is -3.56. The smallest absolute Gasteiger partial charge is 0.250 e. The van der Waals surface area contributed by atoms with Crippen molar-refractivity contribution < 1.29 is 14.0 Å². The van der Waals surface area contributed by atoms with Crippen LogP contribution < -0.4 is 18.9 Å². The first-order valence-corrected chi connectivity index (χ1v) is 11.7. The van der Waals surface area contributed by atoms with E-state index in [1.807, 2.05) is 18.2 Å². The number of aromatic nitrogens is 2. The van der Waals surface area contributed by atoms with E-state index in [9.17, 15) is 5.26 Å². The van der Waals surface area contributed by atoms with Crippen LogP contribution in [0.25, 0.3) is 16.7 Å². The lowest BCUT2D eigenvalue weighted by Gasteiger charge is -2.31. The molecular formula is C27H31N5O+2. The van der Waals surface area contributed by atoms with Gasteiger partial charge in [-0.1, -0.05) is 19.1 Å². The van der Waals surface area contributed by atoms with Crippen molar-refractivity contribution >= 4 is 22.5 Å². The molecule has 5 rings (SSSR count). The number of methoxy groups -OCH3 is 1. The lowest BCUT2D eigenvalue weighted by molar-refractivity contribution is -0.914. The first-order chi connectivity index (χ1) is 16.1. The van der Waals surface area contributed by atoms with Crippen LogP contribution in [0.3, 0.4) is 0 Å². The minimum Gasteiger partial charge on any atom is -0.497 e. The van der Waals surface area contributed by atoms with Gasteiger partial charge < -0.3 is 9.64 Å². The van der Waals surface area contributed by atoms with E-state index < -0.39 is 0 Å². The van der Waals surface area contributed by atoms with Crippen LogP contribution in [0.1, 0.15) is 29.2 Å². The highest BCUT2D eigenvalue weighted by Gasteiger charge is 2.32. The molecule has 6 nitrogen and oxygen atoms in total. The van der Waals surface area contributed by atoms with E-state index >= 15 is 0 Å². The number of hydrogen-bond donors (Lipinski definition) is 2. The molecule has 3 heterocycles. The summed E-state index contributed by atoms with van der Waals surface area (Å²) in [5.41, 5.74) is 7.54. The Balaban J connectivity index is 1.49. The number of fused-ring (bicyclic) bond motifs is 3. The van der Waals surface area contributed by atoms with E-state index in [-0.39, 0.29) is 0 Å². The summed E-state index contributed by atoms with van der Waals surface area (Å²) >= 11 is 0. The summed E-state index contributed by atoms with van der Waals surface area (Å²) in [7, 11) is 1.71. The molecule has 1 aliphatic heterocycles. The molecule has 0 spiro atoms. The van der Waals surface area contributed by atoms with Gasteiger partial charge in [0, 0.05) is 11.1 Å². The molecule has 1 fully saturated rings. The van der Waals surface area contributed by atoms with E-state index in [2.05, 4.69) is 64.5 Å². The highest BCUT2D eigenvalue weighted by Crippen LogP contribution is 2.28. The number of quaternary nitrogens is 1. The maximum Gasteiger partial charge on any atom is 0.250 e. The summed E-state index contributed by atoms with van der Waals surface area (Å²) in [5.74, 6) is 2.14. The highest BCUT2D eigenvalue weighted by molar-refractivity contribution is 5.78. The Morgan fingerprint density at radius 2 is 1.85 bits per heavy atom. The van der Waals surface area contributed by atoms with Crippen LogP contribution in [0.4, 0.5) is 5.82 Å². The van der Waals surface area contributed by atoms with E-state index in [1.54, 1.807) is 12.0 Å². The normalized spacial score (nSPS) is 14.7. The van der Waals surface area contributed by atoms with Crippen molar-refractivity contribution in [1.29, 1.82) is 5.26 Å². The van der Waals surface area contributed by atoms with Crippen LogP contribution in [0.2, 0.25) is 0 Å². The lowest BCUT2D eigenvalue weighted by atomic mass is 10.0. The summed E-state index contributed by atoms with van der Waals surface area (Å²) in [6.45, 7) is 9.46. The molecule has 0 atom stereocenters. The molecule has 2 aromatic carbocycles. The number of aromatic amines is 1. The van der Waals surface area contributed by atoms with E-state index in [0.717, 1.165) is 72.7 Å². The minimum atomic E-state index is 0.746. The predicted molar refractivity (Wildman–Crippen MR) is 130 cm³/mol. The monoisotopic (exact) mass is 441 g/mol. The van der Waals surface area contributed by atoms with Gasteiger partial charge in [-0.25, -0.2) is 0 Å². The minimum absolute atomic E-state index is 0.746. The number of para-hydroxylation sites is 2. The van der Waals surface area contributed by atoms with Crippen molar-refractivity contribution in [3.8, 4) is 11.8 Å². The molecule has 0 amide bonds. The maximum absolute atomic E-state index is 9.96. The predicted octanol–water partition coefficient (Wildman–Crippen LogP) is 2.56. The topological polar surface area (TPSA) is 60.6 Å². The Morgan fingerprint density at radius 1 is 1.12 bits per heavy atom. The van der Waals surface area contributed by atoms with Crippen LogP contribution in [0, 0.1) is 18.3 Å². The average molecular weight is 442 g/mol. The molecule has 0 unspecified atom stereocenters. The van der Waals surface area contributed by atoms with Gasteiger partial charge in [0.25, 0.3) is 0 Å². The molecular weight excluding hydrogens is 410 g/mol. The average Bonchev–Trinajstić information content (AvgIpc) is 3.23. The number of anilines is 1. The number of nitriles is 1. The molecule has 6 heteroatoms. The first-order valence-electron chi connectivity index (χ1n) is 11.7. The number of hydrogen-bond acceptors (Lipinski definition) is 3. The molecule has 0 aliphatic carbocycles. The number of H-pyrrole nitrogens is 1. The molecule has 33 heavy (non-hydrogen) atoms. The maximum atomic E-state index is 9.96. The Morgan fingerprint density at radius 3 is 2.52 bits per heavy atom. The van der Waals surface area contributed by atoms with Crippen molar-refractivity contribution in [3.05, 3.63) is 70.8 Å². The number of ether oxygens (including phenoxy) is 1. The fourth-order valence-corrected chi connectivity index (χ4v) is 5.24. The third-order valence-corrected chi connectivity index (χ3v) is 7.02. The first kappa shape index (κ1) is 21.3. The fourth-order valence-electron chi connectivity index (χ4n) is 5.24. The third kappa shape index (κ3) is 3.69. The summed E-state index contributed by atoms with van der Waals surface area (Å²) in [5, 5.41) is 9.96. The second-order valence-electron chi connectivity index (χ2n) is 8.86. The van der Waals surface area contributed by atoms with Crippen LogP contribution >= 0.6 is 0 Å².